The number of hydrogen-bond donors (Lipinski definition) is 1. The first kappa shape index (κ1) is 13.5. The molecule has 2 heterocycles. The number of rotatable bonds is 5. The highest BCUT2D eigenvalue weighted by molar-refractivity contribution is 7.11. The minimum atomic E-state index is -0.172. The van der Waals surface area contributed by atoms with Gasteiger partial charge >= 0.3 is 0 Å². The quantitative estimate of drug-likeness (QED) is 0.906. The highest BCUT2D eigenvalue weighted by atomic mass is 32.1. The topological polar surface area (TPSA) is 64.1 Å². The van der Waals surface area contributed by atoms with Gasteiger partial charge in [0.25, 0.3) is 5.91 Å². The lowest BCUT2D eigenvalue weighted by Gasteiger charge is -2.05. The number of aromatic nitrogens is 2. The van der Waals surface area contributed by atoms with Gasteiger partial charge in [0.15, 0.2) is 6.61 Å². The molecular weight excluding hydrogens is 262 g/mol. The third-order valence-electron chi connectivity index (χ3n) is 2.51. The molecule has 5 nitrogen and oxygen atoms in total. The van der Waals surface area contributed by atoms with E-state index in [9.17, 15) is 4.79 Å². The normalized spacial score (nSPS) is 10.2. The second-order valence-corrected chi connectivity index (χ2v) is 5.29. The number of carbonyl (C=O) groups excluding carboxylic acids is 1. The number of thiazole rings is 1. The van der Waals surface area contributed by atoms with E-state index in [0.29, 0.717) is 12.3 Å². The number of nitrogens with one attached hydrogen (secondary N) is 1. The van der Waals surface area contributed by atoms with Crippen LogP contribution in [0, 0.1) is 13.8 Å². The summed E-state index contributed by atoms with van der Waals surface area (Å²) in [5.41, 5.74) is 1.01. The average Bonchev–Trinajstić information content (AvgIpc) is 2.74. The molecule has 1 N–H and O–H groups in total. The van der Waals surface area contributed by atoms with Crippen LogP contribution in [0.3, 0.4) is 0 Å². The maximum atomic E-state index is 11.6. The molecule has 0 aliphatic heterocycles. The van der Waals surface area contributed by atoms with Crippen LogP contribution in [0.5, 0.6) is 5.75 Å². The van der Waals surface area contributed by atoms with Crippen molar-refractivity contribution in [3.63, 3.8) is 0 Å². The largest absolute Gasteiger partial charge is 0.482 e. The van der Waals surface area contributed by atoms with Crippen LogP contribution in [-0.4, -0.2) is 22.5 Å². The summed E-state index contributed by atoms with van der Waals surface area (Å²) >= 11 is 1.59. The fraction of sp³-hybridized carbons (Fsp3) is 0.308. The second kappa shape index (κ2) is 6.29. The van der Waals surface area contributed by atoms with E-state index in [-0.39, 0.29) is 12.5 Å². The van der Waals surface area contributed by atoms with Gasteiger partial charge in [-0.2, -0.15) is 0 Å². The highest BCUT2D eigenvalue weighted by Gasteiger charge is 2.06. The zero-order valence-electron chi connectivity index (χ0n) is 10.8. The number of amides is 1. The second-order valence-electron chi connectivity index (χ2n) is 4.00. The molecule has 100 valence electrons. The van der Waals surface area contributed by atoms with Gasteiger partial charge < -0.3 is 10.1 Å². The Morgan fingerprint density at radius 2 is 2.32 bits per heavy atom. The van der Waals surface area contributed by atoms with E-state index in [1.807, 2.05) is 13.8 Å². The van der Waals surface area contributed by atoms with Gasteiger partial charge in [0.2, 0.25) is 0 Å². The third kappa shape index (κ3) is 4.03. The van der Waals surface area contributed by atoms with Crippen LogP contribution < -0.4 is 10.1 Å². The summed E-state index contributed by atoms with van der Waals surface area (Å²) in [6.45, 7) is 4.40. The third-order valence-corrected chi connectivity index (χ3v) is 3.59. The maximum absolute atomic E-state index is 11.6. The van der Waals surface area contributed by atoms with Crippen molar-refractivity contribution in [2.75, 3.05) is 6.61 Å². The smallest absolute Gasteiger partial charge is 0.258 e. The van der Waals surface area contributed by atoms with Crippen LogP contribution in [0.4, 0.5) is 0 Å². The van der Waals surface area contributed by atoms with Crippen molar-refractivity contribution >= 4 is 17.2 Å². The molecule has 0 bridgehead atoms. The molecule has 2 rings (SSSR count). The summed E-state index contributed by atoms with van der Waals surface area (Å²) < 4.78 is 5.29. The fourth-order valence-electron chi connectivity index (χ4n) is 1.42. The molecule has 0 saturated carbocycles. The van der Waals surface area contributed by atoms with Crippen molar-refractivity contribution < 1.29 is 9.53 Å². The van der Waals surface area contributed by atoms with Crippen molar-refractivity contribution in [2.24, 2.45) is 0 Å². The molecule has 2 aromatic heterocycles. The zero-order chi connectivity index (χ0) is 13.7. The number of aryl methyl sites for hydroxylation is 2. The van der Waals surface area contributed by atoms with E-state index >= 15 is 0 Å². The van der Waals surface area contributed by atoms with Gasteiger partial charge in [-0.1, -0.05) is 0 Å². The number of ether oxygens (including phenoxy) is 1. The van der Waals surface area contributed by atoms with E-state index in [2.05, 4.69) is 15.3 Å². The first-order valence-electron chi connectivity index (χ1n) is 5.87. The molecule has 0 unspecified atom stereocenters. The number of carbonyl (C=O) groups is 1. The maximum Gasteiger partial charge on any atom is 0.258 e. The van der Waals surface area contributed by atoms with Crippen molar-refractivity contribution in [1.29, 1.82) is 0 Å². The van der Waals surface area contributed by atoms with Crippen molar-refractivity contribution in [3.05, 3.63) is 40.1 Å². The monoisotopic (exact) mass is 277 g/mol. The standard InChI is InChI=1S/C13H15N3O2S/c1-9-10(2)19-13(16-9)7-15-12(17)8-18-11-4-3-5-14-6-11/h3-6H,7-8H2,1-2H3,(H,15,17). The Balaban J connectivity index is 1.76. The van der Waals surface area contributed by atoms with E-state index in [4.69, 9.17) is 4.74 Å². The summed E-state index contributed by atoms with van der Waals surface area (Å²) in [5.74, 6) is 0.410. The van der Waals surface area contributed by atoms with Gasteiger partial charge in [0, 0.05) is 11.1 Å². The molecule has 1 amide bonds. The van der Waals surface area contributed by atoms with Gasteiger partial charge in [0.1, 0.15) is 10.8 Å². The van der Waals surface area contributed by atoms with Crippen molar-refractivity contribution in [3.8, 4) is 5.75 Å². The molecular formula is C13H15N3O2S. The van der Waals surface area contributed by atoms with Gasteiger partial charge in [-0.05, 0) is 26.0 Å². The first-order valence-corrected chi connectivity index (χ1v) is 6.69. The van der Waals surface area contributed by atoms with Crippen LogP contribution in [0.1, 0.15) is 15.6 Å². The number of nitrogens with zero attached hydrogens (tertiary/aromatic N) is 2. The molecule has 0 saturated heterocycles. The highest BCUT2D eigenvalue weighted by Crippen LogP contribution is 2.15. The Bertz CT molecular complexity index is 535. The van der Waals surface area contributed by atoms with Crippen molar-refractivity contribution in [2.45, 2.75) is 20.4 Å². The summed E-state index contributed by atoms with van der Waals surface area (Å²) in [7, 11) is 0. The lowest BCUT2D eigenvalue weighted by atomic mass is 10.4. The van der Waals surface area contributed by atoms with Gasteiger partial charge in [-0.25, -0.2) is 4.98 Å². The molecule has 0 radical (unpaired) electrons. The predicted molar refractivity (Wildman–Crippen MR) is 73.2 cm³/mol. The Morgan fingerprint density at radius 1 is 1.47 bits per heavy atom. The van der Waals surface area contributed by atoms with E-state index in [1.54, 1.807) is 35.9 Å². The van der Waals surface area contributed by atoms with E-state index in [0.717, 1.165) is 10.7 Å². The molecule has 0 spiro atoms. The van der Waals surface area contributed by atoms with Crippen LogP contribution in [-0.2, 0) is 11.3 Å². The molecule has 0 atom stereocenters. The van der Waals surface area contributed by atoms with Crippen LogP contribution in [0.25, 0.3) is 0 Å². The van der Waals surface area contributed by atoms with Crippen molar-refractivity contribution in [1.82, 2.24) is 15.3 Å². The van der Waals surface area contributed by atoms with Crippen LogP contribution >= 0.6 is 11.3 Å². The molecule has 0 aliphatic carbocycles. The molecule has 0 aromatic carbocycles. The zero-order valence-corrected chi connectivity index (χ0v) is 11.7. The first-order chi connectivity index (χ1) is 9.15. The summed E-state index contributed by atoms with van der Waals surface area (Å²) in [5, 5.41) is 3.68. The van der Waals surface area contributed by atoms with Crippen LogP contribution in [0.15, 0.2) is 24.5 Å². The summed E-state index contributed by atoms with van der Waals surface area (Å²) in [6, 6.07) is 3.52. The minimum Gasteiger partial charge on any atom is -0.482 e. The predicted octanol–water partition coefficient (Wildman–Crippen LogP) is 1.85. The summed E-state index contributed by atoms with van der Waals surface area (Å²) in [6.07, 6.45) is 3.22. The molecule has 2 aromatic rings. The molecule has 0 fully saturated rings. The average molecular weight is 277 g/mol. The lowest BCUT2D eigenvalue weighted by Crippen LogP contribution is -2.28. The SMILES string of the molecule is Cc1nc(CNC(=O)COc2cccnc2)sc1C. The Labute approximate surface area is 115 Å². The van der Waals surface area contributed by atoms with Gasteiger partial charge in [0.05, 0.1) is 18.4 Å². The Morgan fingerprint density at radius 3 is 2.95 bits per heavy atom. The number of hydrogen-bond acceptors (Lipinski definition) is 5. The summed E-state index contributed by atoms with van der Waals surface area (Å²) in [4.78, 5) is 21.0. The molecule has 19 heavy (non-hydrogen) atoms. The fourth-order valence-corrected chi connectivity index (χ4v) is 2.30. The number of pyridine rings is 1. The van der Waals surface area contributed by atoms with Gasteiger partial charge in [-0.15, -0.1) is 11.3 Å². The Hall–Kier alpha value is -1.95. The lowest BCUT2D eigenvalue weighted by molar-refractivity contribution is -0.123. The Kier molecular flexibility index (Phi) is 4.46. The van der Waals surface area contributed by atoms with Gasteiger partial charge in [-0.3, -0.25) is 9.78 Å². The van der Waals surface area contributed by atoms with E-state index < -0.39 is 0 Å². The minimum absolute atomic E-state index is 0.0188. The molecule has 6 heteroatoms. The van der Waals surface area contributed by atoms with Crippen LogP contribution in [0.2, 0.25) is 0 Å². The van der Waals surface area contributed by atoms with E-state index in [1.165, 1.54) is 4.88 Å². The molecule has 0 aliphatic rings.